The summed E-state index contributed by atoms with van der Waals surface area (Å²) in [5.41, 5.74) is 0.617. The second kappa shape index (κ2) is 6.42. The molecule has 1 aliphatic rings. The van der Waals surface area contributed by atoms with Gasteiger partial charge in [0.05, 0.1) is 5.41 Å². The minimum atomic E-state index is -4.30. The number of carbonyl (C=O) groups excluding carboxylic acids is 1. The maximum atomic E-state index is 13.8. The molecule has 3 rings (SSSR count). The molecule has 1 unspecified atom stereocenters. The first-order valence-electron chi connectivity index (χ1n) is 7.91. The summed E-state index contributed by atoms with van der Waals surface area (Å²) in [6, 6.07) is 10.3. The number of benzene rings is 2. The highest BCUT2D eigenvalue weighted by Crippen LogP contribution is 2.44. The Morgan fingerprint density at radius 1 is 1.24 bits per heavy atom. The average Bonchev–Trinajstić information content (AvgIpc) is 2.96. The number of amides is 1. The molecule has 1 N–H and O–H groups in total. The van der Waals surface area contributed by atoms with Gasteiger partial charge in [0.2, 0.25) is 5.91 Å². The van der Waals surface area contributed by atoms with E-state index in [2.05, 4.69) is 4.72 Å². The summed E-state index contributed by atoms with van der Waals surface area (Å²) in [5, 5.41) is 0.567. The van der Waals surface area contributed by atoms with E-state index in [0.29, 0.717) is 24.3 Å². The van der Waals surface area contributed by atoms with Crippen LogP contribution >= 0.6 is 11.6 Å². The molecule has 2 aromatic carbocycles. The number of hydrogen-bond donors (Lipinski definition) is 1. The van der Waals surface area contributed by atoms with Gasteiger partial charge in [-0.1, -0.05) is 42.8 Å². The van der Waals surface area contributed by atoms with Gasteiger partial charge in [-0.25, -0.2) is 17.5 Å². The van der Waals surface area contributed by atoms with E-state index in [1.165, 1.54) is 12.1 Å². The minimum Gasteiger partial charge on any atom is -0.273 e. The predicted molar refractivity (Wildman–Crippen MR) is 93.5 cm³/mol. The van der Waals surface area contributed by atoms with Crippen molar-refractivity contribution in [1.82, 2.24) is 4.72 Å². The summed E-state index contributed by atoms with van der Waals surface area (Å²) in [4.78, 5) is 12.4. The van der Waals surface area contributed by atoms with Crippen LogP contribution in [-0.4, -0.2) is 14.3 Å². The van der Waals surface area contributed by atoms with Gasteiger partial charge < -0.3 is 0 Å². The zero-order chi connectivity index (χ0) is 18.2. The van der Waals surface area contributed by atoms with E-state index in [-0.39, 0.29) is 0 Å². The van der Waals surface area contributed by atoms with E-state index in [4.69, 9.17) is 11.6 Å². The normalized spacial score (nSPS) is 19.5. The van der Waals surface area contributed by atoms with Gasteiger partial charge in [0.1, 0.15) is 10.7 Å². The number of nitrogens with one attached hydrogen (secondary N) is 1. The van der Waals surface area contributed by atoms with Crippen LogP contribution in [-0.2, 0) is 26.7 Å². The minimum absolute atomic E-state index is 0.416. The molecule has 0 radical (unpaired) electrons. The molecule has 0 aromatic heterocycles. The molecule has 1 aliphatic carbocycles. The Morgan fingerprint density at radius 2 is 1.96 bits per heavy atom. The fourth-order valence-electron chi connectivity index (χ4n) is 3.44. The summed E-state index contributed by atoms with van der Waals surface area (Å²) in [6.07, 6.45) is 1.47. The standard InChI is InChI=1S/C18H17ClFNO3S/c1-2-18(11-10-12-13(18)6-5-7-14(12)19)17(22)21-25(23,24)16-9-4-3-8-15(16)20/h3-9H,2,10-11H2,1H3,(H,21,22). The van der Waals surface area contributed by atoms with Crippen molar-refractivity contribution < 1.29 is 17.6 Å². The summed E-state index contributed by atoms with van der Waals surface area (Å²) in [5.74, 6) is -1.55. The number of halogens is 2. The van der Waals surface area contributed by atoms with E-state index in [0.717, 1.165) is 23.3 Å². The van der Waals surface area contributed by atoms with Crippen LogP contribution in [0.2, 0.25) is 5.02 Å². The van der Waals surface area contributed by atoms with Crippen molar-refractivity contribution >= 4 is 27.5 Å². The molecule has 4 nitrogen and oxygen atoms in total. The topological polar surface area (TPSA) is 63.2 Å². The molecular formula is C18H17ClFNO3S. The van der Waals surface area contributed by atoms with E-state index >= 15 is 0 Å². The van der Waals surface area contributed by atoms with Crippen LogP contribution in [0.3, 0.4) is 0 Å². The molecule has 2 aromatic rings. The van der Waals surface area contributed by atoms with Gasteiger partial charge in [-0.2, -0.15) is 0 Å². The van der Waals surface area contributed by atoms with E-state index in [9.17, 15) is 17.6 Å². The molecule has 7 heteroatoms. The lowest BCUT2D eigenvalue weighted by molar-refractivity contribution is -0.125. The maximum absolute atomic E-state index is 13.8. The fourth-order valence-corrected chi connectivity index (χ4v) is 4.84. The molecule has 0 saturated carbocycles. The number of sulfonamides is 1. The lowest BCUT2D eigenvalue weighted by Crippen LogP contribution is -2.45. The maximum Gasteiger partial charge on any atom is 0.266 e. The average molecular weight is 382 g/mol. The van der Waals surface area contributed by atoms with Gasteiger partial charge in [-0.05, 0) is 48.6 Å². The Bertz CT molecular complexity index is 945. The van der Waals surface area contributed by atoms with Crippen molar-refractivity contribution in [2.75, 3.05) is 0 Å². The van der Waals surface area contributed by atoms with Crippen LogP contribution in [0.15, 0.2) is 47.4 Å². The summed E-state index contributed by atoms with van der Waals surface area (Å²) in [7, 11) is -4.30. The highest BCUT2D eigenvalue weighted by molar-refractivity contribution is 7.90. The van der Waals surface area contributed by atoms with Gasteiger partial charge in [-0.15, -0.1) is 0 Å². The van der Waals surface area contributed by atoms with Crippen molar-refractivity contribution in [3.63, 3.8) is 0 Å². The Labute approximate surface area is 151 Å². The molecule has 0 saturated heterocycles. The quantitative estimate of drug-likeness (QED) is 0.880. The third-order valence-corrected chi connectivity index (χ3v) is 6.55. The number of rotatable bonds is 4. The smallest absolute Gasteiger partial charge is 0.266 e. The second-order valence-electron chi connectivity index (χ2n) is 6.07. The monoisotopic (exact) mass is 381 g/mol. The molecule has 0 bridgehead atoms. The molecule has 25 heavy (non-hydrogen) atoms. The van der Waals surface area contributed by atoms with Crippen LogP contribution in [0.5, 0.6) is 0 Å². The molecule has 0 spiro atoms. The largest absolute Gasteiger partial charge is 0.273 e. The van der Waals surface area contributed by atoms with Gasteiger partial charge in [-0.3, -0.25) is 4.79 Å². The highest BCUT2D eigenvalue weighted by Gasteiger charge is 2.45. The van der Waals surface area contributed by atoms with Crippen LogP contribution < -0.4 is 4.72 Å². The molecule has 1 atom stereocenters. The number of hydrogen-bond acceptors (Lipinski definition) is 3. The first-order chi connectivity index (χ1) is 11.8. The van der Waals surface area contributed by atoms with E-state index in [1.54, 1.807) is 18.2 Å². The Balaban J connectivity index is 1.99. The SMILES string of the molecule is CCC1(C(=O)NS(=O)(=O)c2ccccc2F)CCc2c(Cl)cccc21. The third kappa shape index (κ3) is 2.93. The van der Waals surface area contributed by atoms with Crippen LogP contribution in [0, 0.1) is 5.82 Å². The first-order valence-corrected chi connectivity index (χ1v) is 9.77. The molecule has 0 fully saturated rings. The van der Waals surface area contributed by atoms with Gasteiger partial charge >= 0.3 is 0 Å². The lowest BCUT2D eigenvalue weighted by Gasteiger charge is -2.27. The predicted octanol–water partition coefficient (Wildman–Crippen LogP) is 3.58. The van der Waals surface area contributed by atoms with Crippen molar-refractivity contribution in [2.24, 2.45) is 0 Å². The van der Waals surface area contributed by atoms with E-state index in [1.807, 2.05) is 6.92 Å². The van der Waals surface area contributed by atoms with Gasteiger partial charge in [0.25, 0.3) is 10.0 Å². The van der Waals surface area contributed by atoms with Crippen LogP contribution in [0.25, 0.3) is 0 Å². The first kappa shape index (κ1) is 17.9. The van der Waals surface area contributed by atoms with Crippen molar-refractivity contribution in [3.05, 3.63) is 64.4 Å². The van der Waals surface area contributed by atoms with Gasteiger partial charge in [0, 0.05) is 5.02 Å². The molecule has 132 valence electrons. The fraction of sp³-hybridized carbons (Fsp3) is 0.278. The zero-order valence-corrected chi connectivity index (χ0v) is 15.1. The third-order valence-electron chi connectivity index (χ3n) is 4.83. The Hall–Kier alpha value is -1.92. The molecular weight excluding hydrogens is 365 g/mol. The summed E-state index contributed by atoms with van der Waals surface area (Å²) >= 11 is 6.21. The molecule has 0 aliphatic heterocycles. The van der Waals surface area contributed by atoms with Crippen LogP contribution in [0.1, 0.15) is 30.9 Å². The van der Waals surface area contributed by atoms with Crippen molar-refractivity contribution in [2.45, 2.75) is 36.5 Å². The Morgan fingerprint density at radius 3 is 2.64 bits per heavy atom. The number of fused-ring (bicyclic) bond motifs is 1. The van der Waals surface area contributed by atoms with Crippen molar-refractivity contribution in [1.29, 1.82) is 0 Å². The lowest BCUT2D eigenvalue weighted by atomic mass is 9.79. The molecule has 0 heterocycles. The second-order valence-corrected chi connectivity index (χ2v) is 8.12. The Kier molecular flexibility index (Phi) is 4.60. The number of carbonyl (C=O) groups is 1. The van der Waals surface area contributed by atoms with Crippen LogP contribution in [0.4, 0.5) is 4.39 Å². The zero-order valence-electron chi connectivity index (χ0n) is 13.6. The molecule has 1 amide bonds. The summed E-state index contributed by atoms with van der Waals surface area (Å²) in [6.45, 7) is 1.82. The highest BCUT2D eigenvalue weighted by atomic mass is 35.5. The van der Waals surface area contributed by atoms with Gasteiger partial charge in [0.15, 0.2) is 0 Å². The van der Waals surface area contributed by atoms with E-state index < -0.39 is 32.1 Å². The summed E-state index contributed by atoms with van der Waals surface area (Å²) < 4.78 is 40.8. The van der Waals surface area contributed by atoms with Crippen molar-refractivity contribution in [3.8, 4) is 0 Å².